The van der Waals surface area contributed by atoms with Crippen molar-refractivity contribution in [1.29, 1.82) is 0 Å². The number of aromatic hydroxyl groups is 1. The van der Waals surface area contributed by atoms with Gasteiger partial charge < -0.3 is 5.11 Å². The normalized spacial score (nSPS) is 12.4. The van der Waals surface area contributed by atoms with Crippen molar-refractivity contribution in [1.82, 2.24) is 0 Å². The maximum atomic E-state index is 10.1. The van der Waals surface area contributed by atoms with Gasteiger partial charge in [0.1, 0.15) is 5.75 Å². The zero-order valence-corrected chi connectivity index (χ0v) is 13.0. The predicted molar refractivity (Wildman–Crippen MR) is 94.8 cm³/mol. The Kier molecular flexibility index (Phi) is 3.23. The van der Waals surface area contributed by atoms with E-state index in [0.717, 1.165) is 23.2 Å². The quantitative estimate of drug-likeness (QED) is 0.518. The first kappa shape index (κ1) is 13.8. The summed E-state index contributed by atoms with van der Waals surface area (Å²) >= 11 is 0. The summed E-state index contributed by atoms with van der Waals surface area (Å²) in [6, 6.07) is 20.4. The molecule has 23 heavy (non-hydrogen) atoms. The second-order valence-electron chi connectivity index (χ2n) is 5.91. The molecule has 0 bridgehead atoms. The van der Waals surface area contributed by atoms with Crippen LogP contribution in [0.15, 0.2) is 65.7 Å². The fourth-order valence-electron chi connectivity index (χ4n) is 3.19. The lowest BCUT2D eigenvalue weighted by molar-refractivity contribution is 0.470. The van der Waals surface area contributed by atoms with Crippen molar-refractivity contribution in [3.63, 3.8) is 0 Å². The minimum atomic E-state index is 0.298. The molecule has 0 aliphatic heterocycles. The van der Waals surface area contributed by atoms with Crippen molar-refractivity contribution in [2.45, 2.75) is 13.3 Å². The Morgan fingerprint density at radius 3 is 2.61 bits per heavy atom. The summed E-state index contributed by atoms with van der Waals surface area (Å²) in [5, 5.41) is 10.1. The van der Waals surface area contributed by atoms with E-state index >= 15 is 0 Å². The van der Waals surface area contributed by atoms with Crippen LogP contribution in [0.1, 0.15) is 22.3 Å². The number of aryl methyl sites for hydroxylation is 1. The van der Waals surface area contributed by atoms with E-state index in [1.54, 1.807) is 6.21 Å². The second-order valence-corrected chi connectivity index (χ2v) is 5.91. The van der Waals surface area contributed by atoms with Crippen molar-refractivity contribution < 1.29 is 5.11 Å². The van der Waals surface area contributed by atoms with Crippen LogP contribution in [0.5, 0.6) is 5.75 Å². The number of fused-ring (bicyclic) bond motifs is 3. The van der Waals surface area contributed by atoms with Gasteiger partial charge in [0.25, 0.3) is 0 Å². The SMILES string of the molecule is Cc1cccc(C=Nc2cccc3c2Cc2ccccc2-3)c1O. The van der Waals surface area contributed by atoms with Crippen LogP contribution in [-0.2, 0) is 6.42 Å². The monoisotopic (exact) mass is 299 g/mol. The minimum absolute atomic E-state index is 0.298. The van der Waals surface area contributed by atoms with Crippen molar-refractivity contribution in [2.75, 3.05) is 0 Å². The van der Waals surface area contributed by atoms with Gasteiger partial charge in [-0.05, 0) is 46.9 Å². The van der Waals surface area contributed by atoms with Gasteiger partial charge in [0.2, 0.25) is 0 Å². The molecule has 3 aromatic carbocycles. The van der Waals surface area contributed by atoms with Gasteiger partial charge in [0.05, 0.1) is 5.69 Å². The number of aliphatic imine (C=N–C) groups is 1. The Bertz CT molecular complexity index is 925. The summed E-state index contributed by atoms with van der Waals surface area (Å²) in [7, 11) is 0. The van der Waals surface area contributed by atoms with Gasteiger partial charge in [-0.15, -0.1) is 0 Å². The molecule has 0 saturated heterocycles. The first-order valence-corrected chi connectivity index (χ1v) is 7.77. The topological polar surface area (TPSA) is 32.6 Å². The summed E-state index contributed by atoms with van der Waals surface area (Å²) in [5.41, 5.74) is 7.76. The molecule has 0 radical (unpaired) electrons. The highest BCUT2D eigenvalue weighted by molar-refractivity contribution is 5.88. The molecule has 112 valence electrons. The van der Waals surface area contributed by atoms with E-state index in [1.807, 2.05) is 37.3 Å². The first-order valence-electron chi connectivity index (χ1n) is 7.77. The molecule has 0 saturated carbocycles. The fraction of sp³-hybridized carbons (Fsp3) is 0.0952. The molecule has 3 aromatic rings. The summed E-state index contributed by atoms with van der Waals surface area (Å²) in [4.78, 5) is 4.65. The van der Waals surface area contributed by atoms with E-state index in [0.29, 0.717) is 5.75 Å². The molecule has 1 N–H and O–H groups in total. The van der Waals surface area contributed by atoms with Crippen LogP contribution < -0.4 is 0 Å². The van der Waals surface area contributed by atoms with Crippen molar-refractivity contribution >= 4 is 11.9 Å². The molecular weight excluding hydrogens is 282 g/mol. The predicted octanol–water partition coefficient (Wildman–Crippen LogP) is 5.02. The third-order valence-electron chi connectivity index (χ3n) is 4.44. The fourth-order valence-corrected chi connectivity index (χ4v) is 3.19. The number of rotatable bonds is 2. The van der Waals surface area contributed by atoms with Gasteiger partial charge >= 0.3 is 0 Å². The summed E-state index contributed by atoms with van der Waals surface area (Å²) < 4.78 is 0. The molecule has 0 unspecified atom stereocenters. The molecular formula is C21H17NO. The van der Waals surface area contributed by atoms with Gasteiger partial charge in [0.15, 0.2) is 0 Å². The molecule has 1 aliphatic carbocycles. The molecule has 0 atom stereocenters. The average Bonchev–Trinajstić information content (AvgIpc) is 2.95. The maximum Gasteiger partial charge on any atom is 0.127 e. The van der Waals surface area contributed by atoms with Crippen LogP contribution in [0.2, 0.25) is 0 Å². The van der Waals surface area contributed by atoms with Crippen LogP contribution in [-0.4, -0.2) is 11.3 Å². The lowest BCUT2D eigenvalue weighted by Gasteiger charge is -2.05. The maximum absolute atomic E-state index is 10.1. The highest BCUT2D eigenvalue weighted by Gasteiger charge is 2.19. The number of hydrogen-bond acceptors (Lipinski definition) is 2. The van der Waals surface area contributed by atoms with Crippen LogP contribution in [0.4, 0.5) is 5.69 Å². The number of para-hydroxylation sites is 1. The number of benzene rings is 3. The molecule has 0 amide bonds. The smallest absolute Gasteiger partial charge is 0.127 e. The van der Waals surface area contributed by atoms with Crippen LogP contribution in [0.3, 0.4) is 0 Å². The van der Waals surface area contributed by atoms with Gasteiger partial charge in [-0.25, -0.2) is 0 Å². The number of phenolic OH excluding ortho intramolecular Hbond substituents is 1. The molecule has 0 fully saturated rings. The highest BCUT2D eigenvalue weighted by atomic mass is 16.3. The molecule has 4 rings (SSSR count). The lowest BCUT2D eigenvalue weighted by Crippen LogP contribution is -1.86. The van der Waals surface area contributed by atoms with Gasteiger partial charge in [-0.3, -0.25) is 4.99 Å². The number of hydrogen-bond donors (Lipinski definition) is 1. The summed E-state index contributed by atoms with van der Waals surface area (Å²) in [6.45, 7) is 1.89. The van der Waals surface area contributed by atoms with E-state index in [-0.39, 0.29) is 0 Å². The van der Waals surface area contributed by atoms with Gasteiger partial charge in [-0.1, -0.05) is 48.5 Å². The molecule has 0 aromatic heterocycles. The molecule has 1 aliphatic rings. The lowest BCUT2D eigenvalue weighted by atomic mass is 10.1. The molecule has 2 heteroatoms. The Hall–Kier alpha value is -2.87. The van der Waals surface area contributed by atoms with E-state index in [4.69, 9.17) is 0 Å². The Morgan fingerprint density at radius 1 is 0.913 bits per heavy atom. The van der Waals surface area contributed by atoms with Gasteiger partial charge in [0, 0.05) is 18.2 Å². The van der Waals surface area contributed by atoms with Crippen LogP contribution in [0.25, 0.3) is 11.1 Å². The Labute approximate surface area is 135 Å². The van der Waals surface area contributed by atoms with Crippen LogP contribution >= 0.6 is 0 Å². The molecule has 0 spiro atoms. The summed E-state index contributed by atoms with van der Waals surface area (Å²) in [6.07, 6.45) is 2.67. The Morgan fingerprint density at radius 2 is 1.70 bits per heavy atom. The highest BCUT2D eigenvalue weighted by Crippen LogP contribution is 2.41. The van der Waals surface area contributed by atoms with Crippen molar-refractivity contribution in [2.24, 2.45) is 4.99 Å². The van der Waals surface area contributed by atoms with E-state index < -0.39 is 0 Å². The van der Waals surface area contributed by atoms with E-state index in [1.165, 1.54) is 22.3 Å². The molecule has 2 nitrogen and oxygen atoms in total. The van der Waals surface area contributed by atoms with Crippen LogP contribution in [0, 0.1) is 6.92 Å². The third kappa shape index (κ3) is 2.33. The standard InChI is InChI=1S/C21H17NO/c1-14-6-4-8-16(21(14)23)13-22-20-11-5-10-18-17-9-3-2-7-15(17)12-19(18)20/h2-11,13,23H,12H2,1H3. The molecule has 0 heterocycles. The largest absolute Gasteiger partial charge is 0.507 e. The van der Waals surface area contributed by atoms with E-state index in [2.05, 4.69) is 35.3 Å². The zero-order chi connectivity index (χ0) is 15.8. The average molecular weight is 299 g/mol. The number of nitrogens with zero attached hydrogens (tertiary/aromatic N) is 1. The van der Waals surface area contributed by atoms with Crippen molar-refractivity contribution in [3.05, 3.63) is 82.9 Å². The van der Waals surface area contributed by atoms with Crippen molar-refractivity contribution in [3.8, 4) is 16.9 Å². The summed E-state index contributed by atoms with van der Waals surface area (Å²) in [5.74, 6) is 0.298. The van der Waals surface area contributed by atoms with E-state index in [9.17, 15) is 5.11 Å². The first-order chi connectivity index (χ1) is 11.2. The number of phenols is 1. The van der Waals surface area contributed by atoms with Gasteiger partial charge in [-0.2, -0.15) is 0 Å². The Balaban J connectivity index is 1.75. The minimum Gasteiger partial charge on any atom is -0.507 e. The third-order valence-corrected chi connectivity index (χ3v) is 4.44. The second kappa shape index (κ2) is 5.40. The zero-order valence-electron chi connectivity index (χ0n) is 13.0.